The molecule has 0 aliphatic carbocycles. The summed E-state index contributed by atoms with van der Waals surface area (Å²) >= 11 is 0. The average molecular weight is 249 g/mol. The van der Waals surface area contributed by atoms with Gasteiger partial charge in [0.05, 0.1) is 6.54 Å². The Kier molecular flexibility index (Phi) is 4.49. The molecule has 0 spiro atoms. The lowest BCUT2D eigenvalue weighted by molar-refractivity contribution is 0.171. The van der Waals surface area contributed by atoms with E-state index in [-0.39, 0.29) is 0 Å². The standard InChI is InChI=1S/C13H23N5/c1-3-11-4-6-18(7-5-11)9-13-15-10(2)8-12(16-13)17-14/h8,11H,3-7,9,14H2,1-2H3,(H,15,16,17). The van der Waals surface area contributed by atoms with E-state index in [0.717, 1.165) is 37.1 Å². The van der Waals surface area contributed by atoms with Crippen LogP contribution in [0.4, 0.5) is 5.82 Å². The first-order chi connectivity index (χ1) is 8.71. The highest BCUT2D eigenvalue weighted by atomic mass is 15.3. The summed E-state index contributed by atoms with van der Waals surface area (Å²) in [7, 11) is 0. The van der Waals surface area contributed by atoms with Crippen molar-refractivity contribution in [3.8, 4) is 0 Å². The van der Waals surface area contributed by atoms with E-state index in [0.29, 0.717) is 5.82 Å². The van der Waals surface area contributed by atoms with Gasteiger partial charge in [-0.1, -0.05) is 13.3 Å². The molecule has 1 aromatic heterocycles. The fourth-order valence-corrected chi connectivity index (χ4v) is 2.53. The van der Waals surface area contributed by atoms with E-state index in [1.165, 1.54) is 19.3 Å². The Labute approximate surface area is 109 Å². The summed E-state index contributed by atoms with van der Waals surface area (Å²) < 4.78 is 0. The van der Waals surface area contributed by atoms with Crippen molar-refractivity contribution in [2.45, 2.75) is 39.7 Å². The van der Waals surface area contributed by atoms with Gasteiger partial charge in [0.2, 0.25) is 0 Å². The smallest absolute Gasteiger partial charge is 0.145 e. The number of anilines is 1. The molecule has 100 valence electrons. The van der Waals surface area contributed by atoms with E-state index < -0.39 is 0 Å². The fourth-order valence-electron chi connectivity index (χ4n) is 2.53. The highest BCUT2D eigenvalue weighted by Gasteiger charge is 2.18. The predicted molar refractivity (Wildman–Crippen MR) is 72.9 cm³/mol. The third-order valence-corrected chi connectivity index (χ3v) is 3.70. The number of nitrogens with two attached hydrogens (primary N) is 1. The highest BCUT2D eigenvalue weighted by molar-refractivity contribution is 5.33. The van der Waals surface area contributed by atoms with E-state index in [1.54, 1.807) is 0 Å². The maximum atomic E-state index is 5.40. The van der Waals surface area contributed by atoms with Crippen LogP contribution in [0.15, 0.2) is 6.07 Å². The van der Waals surface area contributed by atoms with Gasteiger partial charge < -0.3 is 5.43 Å². The quantitative estimate of drug-likeness (QED) is 0.628. The molecule has 5 heteroatoms. The van der Waals surface area contributed by atoms with Crippen LogP contribution >= 0.6 is 0 Å². The summed E-state index contributed by atoms with van der Waals surface area (Å²) in [6, 6.07) is 1.85. The number of hydrogen-bond acceptors (Lipinski definition) is 5. The molecule has 2 heterocycles. The maximum Gasteiger partial charge on any atom is 0.145 e. The SMILES string of the molecule is CCC1CCN(Cc2nc(C)cc(NN)n2)CC1. The monoisotopic (exact) mass is 249 g/mol. The second kappa shape index (κ2) is 6.11. The Hall–Kier alpha value is -1.20. The molecule has 2 rings (SSSR count). The molecule has 1 aliphatic heterocycles. The summed E-state index contributed by atoms with van der Waals surface area (Å²) in [5.41, 5.74) is 3.55. The molecule has 1 fully saturated rings. The van der Waals surface area contributed by atoms with E-state index in [2.05, 4.69) is 27.2 Å². The van der Waals surface area contributed by atoms with Crippen molar-refractivity contribution in [2.24, 2.45) is 11.8 Å². The van der Waals surface area contributed by atoms with Gasteiger partial charge in [-0.2, -0.15) is 0 Å². The second-order valence-electron chi connectivity index (χ2n) is 5.08. The maximum absolute atomic E-state index is 5.40. The van der Waals surface area contributed by atoms with Gasteiger partial charge in [0.15, 0.2) is 0 Å². The molecule has 3 N–H and O–H groups in total. The van der Waals surface area contributed by atoms with E-state index >= 15 is 0 Å². The van der Waals surface area contributed by atoms with Crippen molar-refractivity contribution in [1.82, 2.24) is 14.9 Å². The second-order valence-corrected chi connectivity index (χ2v) is 5.08. The van der Waals surface area contributed by atoms with E-state index in [1.807, 2.05) is 13.0 Å². The summed E-state index contributed by atoms with van der Waals surface area (Å²) in [6.45, 7) is 7.38. The van der Waals surface area contributed by atoms with Crippen LogP contribution in [-0.2, 0) is 6.54 Å². The third kappa shape index (κ3) is 3.40. The topological polar surface area (TPSA) is 67.1 Å². The zero-order chi connectivity index (χ0) is 13.0. The molecule has 18 heavy (non-hydrogen) atoms. The Morgan fingerprint density at radius 3 is 2.72 bits per heavy atom. The van der Waals surface area contributed by atoms with Crippen molar-refractivity contribution in [1.29, 1.82) is 0 Å². The minimum atomic E-state index is 0.695. The number of hydrazine groups is 1. The summed E-state index contributed by atoms with van der Waals surface area (Å²) in [6.07, 6.45) is 3.89. The van der Waals surface area contributed by atoms with Crippen LogP contribution in [0.2, 0.25) is 0 Å². The fraction of sp³-hybridized carbons (Fsp3) is 0.692. The molecule has 0 amide bonds. The number of nitrogen functional groups attached to an aromatic ring is 1. The number of nitrogens with one attached hydrogen (secondary N) is 1. The molecule has 1 aliphatic rings. The number of rotatable bonds is 4. The largest absolute Gasteiger partial charge is 0.308 e. The van der Waals surface area contributed by atoms with Crippen LogP contribution < -0.4 is 11.3 Å². The third-order valence-electron chi connectivity index (χ3n) is 3.70. The van der Waals surface area contributed by atoms with Gasteiger partial charge in [0.1, 0.15) is 11.6 Å². The first kappa shape index (κ1) is 13.2. The van der Waals surface area contributed by atoms with Crippen molar-refractivity contribution in [2.75, 3.05) is 18.5 Å². The molecule has 0 bridgehead atoms. The lowest BCUT2D eigenvalue weighted by Gasteiger charge is -2.30. The van der Waals surface area contributed by atoms with E-state index in [4.69, 9.17) is 5.84 Å². The summed E-state index contributed by atoms with van der Waals surface area (Å²) in [4.78, 5) is 11.3. The van der Waals surface area contributed by atoms with Gasteiger partial charge in [-0.25, -0.2) is 15.8 Å². The first-order valence-electron chi connectivity index (χ1n) is 6.74. The van der Waals surface area contributed by atoms with Crippen LogP contribution in [0.5, 0.6) is 0 Å². The molecule has 0 radical (unpaired) electrons. The van der Waals surface area contributed by atoms with Crippen molar-refractivity contribution in [3.63, 3.8) is 0 Å². The summed E-state index contributed by atoms with van der Waals surface area (Å²) in [5, 5.41) is 0. The minimum Gasteiger partial charge on any atom is -0.308 e. The van der Waals surface area contributed by atoms with E-state index in [9.17, 15) is 0 Å². The highest BCUT2D eigenvalue weighted by Crippen LogP contribution is 2.20. The molecular weight excluding hydrogens is 226 g/mol. The van der Waals surface area contributed by atoms with Crippen molar-refractivity contribution >= 4 is 5.82 Å². The number of aromatic nitrogens is 2. The first-order valence-corrected chi connectivity index (χ1v) is 6.74. The molecule has 5 nitrogen and oxygen atoms in total. The zero-order valence-corrected chi connectivity index (χ0v) is 11.3. The molecule has 0 atom stereocenters. The van der Waals surface area contributed by atoms with Crippen LogP contribution in [0.25, 0.3) is 0 Å². The lowest BCUT2D eigenvalue weighted by atomic mass is 9.94. The molecular formula is C13H23N5. The number of likely N-dealkylation sites (tertiary alicyclic amines) is 1. The Bertz CT molecular complexity index is 385. The van der Waals surface area contributed by atoms with Gasteiger partial charge in [-0.15, -0.1) is 0 Å². The molecule has 0 aromatic carbocycles. The van der Waals surface area contributed by atoms with Gasteiger partial charge in [0, 0.05) is 11.8 Å². The number of nitrogens with zero attached hydrogens (tertiary/aromatic N) is 3. The van der Waals surface area contributed by atoms with Crippen molar-refractivity contribution in [3.05, 3.63) is 17.6 Å². The number of hydrogen-bond donors (Lipinski definition) is 2. The summed E-state index contributed by atoms with van der Waals surface area (Å²) in [5.74, 6) is 7.86. The lowest BCUT2D eigenvalue weighted by Crippen LogP contribution is -2.33. The Morgan fingerprint density at radius 2 is 2.11 bits per heavy atom. The minimum absolute atomic E-state index is 0.695. The van der Waals surface area contributed by atoms with Crippen LogP contribution in [0.3, 0.4) is 0 Å². The molecule has 0 unspecified atom stereocenters. The van der Waals surface area contributed by atoms with Crippen LogP contribution in [-0.4, -0.2) is 28.0 Å². The Morgan fingerprint density at radius 1 is 1.39 bits per heavy atom. The predicted octanol–water partition coefficient (Wildman–Crippen LogP) is 1.69. The number of aryl methyl sites for hydroxylation is 1. The molecule has 0 saturated carbocycles. The van der Waals surface area contributed by atoms with Crippen molar-refractivity contribution < 1.29 is 0 Å². The molecule has 1 saturated heterocycles. The van der Waals surface area contributed by atoms with Crippen LogP contribution in [0, 0.1) is 12.8 Å². The molecule has 1 aromatic rings. The zero-order valence-electron chi connectivity index (χ0n) is 11.3. The normalized spacial score (nSPS) is 17.9. The van der Waals surface area contributed by atoms with Crippen LogP contribution in [0.1, 0.15) is 37.7 Å². The van der Waals surface area contributed by atoms with Gasteiger partial charge in [0.25, 0.3) is 0 Å². The van der Waals surface area contributed by atoms with Gasteiger partial charge >= 0.3 is 0 Å². The van der Waals surface area contributed by atoms with Gasteiger partial charge in [-0.05, 0) is 38.8 Å². The van der Waals surface area contributed by atoms with Gasteiger partial charge in [-0.3, -0.25) is 4.90 Å². The number of piperidine rings is 1. The average Bonchev–Trinajstić information content (AvgIpc) is 2.39. The Balaban J connectivity index is 1.95.